The van der Waals surface area contributed by atoms with E-state index in [0.717, 1.165) is 67.0 Å². The standard InChI is InChI=1S/C25H31NO2/c27-24(25-13-17-4-3-5-19(14-25)20(10-17)15-25)21-11-18-6-7-22(12-23(18)28-16-21)26-8-1-2-9-26/h6-7,11-12,17,19-20H,1-5,8-10,13-16H2. The molecule has 3 aliphatic carbocycles. The molecule has 4 unspecified atom stereocenters. The summed E-state index contributed by atoms with van der Waals surface area (Å²) in [5.74, 6) is 3.77. The lowest BCUT2D eigenvalue weighted by atomic mass is 9.66. The maximum Gasteiger partial charge on any atom is 0.168 e. The fourth-order valence-corrected chi connectivity index (χ4v) is 7.23. The van der Waals surface area contributed by atoms with Crippen LogP contribution in [0.25, 0.3) is 6.08 Å². The minimum absolute atomic E-state index is 0.0686. The van der Waals surface area contributed by atoms with Crippen LogP contribution in [0.3, 0.4) is 0 Å². The Morgan fingerprint density at radius 3 is 2.79 bits per heavy atom. The van der Waals surface area contributed by atoms with Gasteiger partial charge < -0.3 is 9.64 Å². The molecular formula is C25H31NO2. The number of nitrogens with zero attached hydrogens (tertiary/aromatic N) is 1. The van der Waals surface area contributed by atoms with Gasteiger partial charge in [-0.3, -0.25) is 4.79 Å². The van der Waals surface area contributed by atoms with Gasteiger partial charge in [0, 0.05) is 41.4 Å². The van der Waals surface area contributed by atoms with Crippen LogP contribution in [-0.4, -0.2) is 25.5 Å². The summed E-state index contributed by atoms with van der Waals surface area (Å²) in [4.78, 5) is 16.1. The Kier molecular flexibility index (Phi) is 3.89. The topological polar surface area (TPSA) is 29.5 Å². The van der Waals surface area contributed by atoms with Crippen molar-refractivity contribution in [3.8, 4) is 5.75 Å². The number of carbonyl (C=O) groups excluding carboxylic acids is 1. The number of ether oxygens (including phenoxy) is 1. The quantitative estimate of drug-likeness (QED) is 0.721. The second-order valence-electron chi connectivity index (χ2n) is 10.1. The lowest BCUT2D eigenvalue weighted by Gasteiger charge is -2.37. The summed E-state index contributed by atoms with van der Waals surface area (Å²) in [5, 5.41) is 0. The van der Waals surface area contributed by atoms with Gasteiger partial charge in [0.1, 0.15) is 12.4 Å². The van der Waals surface area contributed by atoms with E-state index in [-0.39, 0.29) is 5.41 Å². The highest BCUT2D eigenvalue weighted by Gasteiger charge is 2.55. The van der Waals surface area contributed by atoms with E-state index in [9.17, 15) is 4.79 Å². The van der Waals surface area contributed by atoms with E-state index in [1.54, 1.807) is 0 Å². The first kappa shape index (κ1) is 17.1. The first-order valence-corrected chi connectivity index (χ1v) is 11.5. The van der Waals surface area contributed by atoms with E-state index in [1.165, 1.54) is 44.2 Å². The molecule has 28 heavy (non-hydrogen) atoms. The van der Waals surface area contributed by atoms with Crippen molar-refractivity contribution in [3.05, 3.63) is 29.3 Å². The van der Waals surface area contributed by atoms with Crippen LogP contribution in [-0.2, 0) is 4.79 Å². The number of ketones is 1. The van der Waals surface area contributed by atoms with E-state index in [0.29, 0.717) is 12.4 Å². The van der Waals surface area contributed by atoms with Crippen LogP contribution in [0.4, 0.5) is 5.69 Å². The van der Waals surface area contributed by atoms with Crippen LogP contribution in [0.5, 0.6) is 5.75 Å². The fraction of sp³-hybridized carbons (Fsp3) is 0.640. The van der Waals surface area contributed by atoms with Crippen molar-refractivity contribution in [3.63, 3.8) is 0 Å². The molecule has 3 heteroatoms. The van der Waals surface area contributed by atoms with Crippen molar-refractivity contribution in [2.75, 3.05) is 24.6 Å². The van der Waals surface area contributed by atoms with Crippen LogP contribution in [0.1, 0.15) is 63.4 Å². The van der Waals surface area contributed by atoms with E-state index in [2.05, 4.69) is 29.2 Å². The van der Waals surface area contributed by atoms with Gasteiger partial charge in [-0.2, -0.15) is 0 Å². The molecule has 5 aliphatic rings. The SMILES string of the molecule is O=C(C1=Cc2ccc(N3CCCC3)cc2OC1)C12CC3CCCC(C1)C(C3)C2. The molecule has 0 radical (unpaired) electrons. The molecule has 1 saturated heterocycles. The number of anilines is 1. The second kappa shape index (κ2) is 6.37. The molecule has 148 valence electrons. The van der Waals surface area contributed by atoms with E-state index < -0.39 is 0 Å². The largest absolute Gasteiger partial charge is 0.488 e. The number of hydrogen-bond donors (Lipinski definition) is 0. The Morgan fingerprint density at radius 1 is 1.04 bits per heavy atom. The van der Waals surface area contributed by atoms with E-state index in [1.807, 2.05) is 0 Å². The molecular weight excluding hydrogens is 346 g/mol. The van der Waals surface area contributed by atoms with Crippen molar-refractivity contribution in [2.24, 2.45) is 23.2 Å². The summed E-state index contributed by atoms with van der Waals surface area (Å²) in [6.07, 6.45) is 13.6. The summed E-state index contributed by atoms with van der Waals surface area (Å²) in [7, 11) is 0. The number of Topliss-reactive ketones (excluding diaryl/α,β-unsaturated/α-hetero) is 1. The zero-order valence-electron chi connectivity index (χ0n) is 16.8. The Bertz CT molecular complexity index is 833. The lowest BCUT2D eigenvalue weighted by Crippen LogP contribution is -2.37. The second-order valence-corrected chi connectivity index (χ2v) is 10.1. The molecule has 1 aromatic rings. The highest BCUT2D eigenvalue weighted by molar-refractivity contribution is 6.04. The zero-order valence-corrected chi connectivity index (χ0v) is 16.8. The van der Waals surface area contributed by atoms with Crippen molar-refractivity contribution in [1.82, 2.24) is 0 Å². The van der Waals surface area contributed by atoms with Crippen LogP contribution in [0.2, 0.25) is 0 Å². The zero-order chi connectivity index (χ0) is 18.7. The fourth-order valence-electron chi connectivity index (χ4n) is 7.23. The Balaban J connectivity index is 1.28. The van der Waals surface area contributed by atoms with Crippen LogP contribution >= 0.6 is 0 Å². The molecule has 0 amide bonds. The monoisotopic (exact) mass is 377 g/mol. The third kappa shape index (κ3) is 2.65. The highest BCUT2D eigenvalue weighted by atomic mass is 16.5. The molecule has 3 saturated carbocycles. The van der Waals surface area contributed by atoms with Gasteiger partial charge in [-0.15, -0.1) is 0 Å². The van der Waals surface area contributed by atoms with Gasteiger partial charge in [-0.05, 0) is 74.5 Å². The molecule has 3 nitrogen and oxygen atoms in total. The number of hydrogen-bond acceptors (Lipinski definition) is 3. The van der Waals surface area contributed by atoms with Gasteiger partial charge in [-0.1, -0.05) is 19.3 Å². The number of benzene rings is 1. The predicted molar refractivity (Wildman–Crippen MR) is 112 cm³/mol. The molecule has 0 aromatic heterocycles. The minimum Gasteiger partial charge on any atom is -0.488 e. The van der Waals surface area contributed by atoms with Crippen LogP contribution < -0.4 is 9.64 Å². The van der Waals surface area contributed by atoms with Gasteiger partial charge >= 0.3 is 0 Å². The van der Waals surface area contributed by atoms with E-state index >= 15 is 0 Å². The molecule has 1 aromatic carbocycles. The average Bonchev–Trinajstić information content (AvgIpc) is 3.30. The van der Waals surface area contributed by atoms with Crippen molar-refractivity contribution < 1.29 is 9.53 Å². The minimum atomic E-state index is -0.0686. The maximum atomic E-state index is 13.7. The summed E-state index contributed by atoms with van der Waals surface area (Å²) in [5.41, 5.74) is 3.19. The predicted octanol–water partition coefficient (Wildman–Crippen LogP) is 5.24. The van der Waals surface area contributed by atoms with Gasteiger partial charge in [0.25, 0.3) is 0 Å². The molecule has 2 aliphatic heterocycles. The van der Waals surface area contributed by atoms with Crippen molar-refractivity contribution >= 4 is 17.5 Å². The molecule has 6 rings (SSSR count). The summed E-state index contributed by atoms with van der Waals surface area (Å²) in [6, 6.07) is 6.53. The van der Waals surface area contributed by atoms with Crippen LogP contribution in [0.15, 0.2) is 23.8 Å². The number of carbonyl (C=O) groups is 1. The molecule has 4 fully saturated rings. The van der Waals surface area contributed by atoms with E-state index in [4.69, 9.17) is 4.74 Å². The highest BCUT2D eigenvalue weighted by Crippen LogP contribution is 2.61. The summed E-state index contributed by atoms with van der Waals surface area (Å²) in [6.45, 7) is 2.74. The van der Waals surface area contributed by atoms with Gasteiger partial charge in [0.2, 0.25) is 0 Å². The summed E-state index contributed by atoms with van der Waals surface area (Å²) < 4.78 is 6.13. The average molecular weight is 378 g/mol. The lowest BCUT2D eigenvalue weighted by molar-refractivity contribution is -0.127. The smallest absolute Gasteiger partial charge is 0.168 e. The third-order valence-corrected chi connectivity index (χ3v) is 8.43. The van der Waals surface area contributed by atoms with Crippen LogP contribution in [0, 0.1) is 23.2 Å². The Morgan fingerprint density at radius 2 is 1.89 bits per heavy atom. The normalized spacial score (nSPS) is 35.9. The van der Waals surface area contributed by atoms with Gasteiger partial charge in [0.15, 0.2) is 5.78 Å². The molecule has 2 heterocycles. The van der Waals surface area contributed by atoms with Crippen molar-refractivity contribution in [1.29, 1.82) is 0 Å². The first-order valence-electron chi connectivity index (χ1n) is 11.5. The number of rotatable bonds is 3. The number of fused-ring (bicyclic) bond motifs is 3. The first-order chi connectivity index (χ1) is 13.7. The molecule has 0 spiro atoms. The summed E-state index contributed by atoms with van der Waals surface area (Å²) >= 11 is 0. The molecule has 4 atom stereocenters. The maximum absolute atomic E-state index is 13.7. The van der Waals surface area contributed by atoms with Crippen molar-refractivity contribution in [2.45, 2.75) is 57.8 Å². The third-order valence-electron chi connectivity index (χ3n) is 8.43. The van der Waals surface area contributed by atoms with Gasteiger partial charge in [0.05, 0.1) is 0 Å². The molecule has 0 N–H and O–H groups in total. The Hall–Kier alpha value is -1.77. The Labute approximate surface area is 168 Å². The molecule has 3 bridgehead atoms. The van der Waals surface area contributed by atoms with Gasteiger partial charge in [-0.25, -0.2) is 0 Å².